The van der Waals surface area contributed by atoms with Crippen LogP contribution in [0.3, 0.4) is 0 Å². The Kier molecular flexibility index (Phi) is 3.87. The maximum Gasteiger partial charge on any atom is 0.262 e. The van der Waals surface area contributed by atoms with E-state index in [1.165, 1.54) is 11.3 Å². The molecular formula is C13H11ClN2O2S2. The first-order valence-electron chi connectivity index (χ1n) is 6.02. The second-order valence-corrected chi connectivity index (χ2v) is 6.68. The number of carbonyl (C=O) groups excluding carboxylic acids is 2. The Balaban J connectivity index is 2.07. The second kappa shape index (κ2) is 5.63. The molecule has 1 aliphatic heterocycles. The molecule has 0 fully saturated rings. The van der Waals surface area contributed by atoms with Gasteiger partial charge < -0.3 is 10.6 Å². The van der Waals surface area contributed by atoms with Crippen molar-refractivity contribution in [3.63, 3.8) is 0 Å². The van der Waals surface area contributed by atoms with Gasteiger partial charge in [-0.15, -0.1) is 34.7 Å². The van der Waals surface area contributed by atoms with E-state index in [-0.39, 0.29) is 17.7 Å². The van der Waals surface area contributed by atoms with E-state index in [9.17, 15) is 9.59 Å². The summed E-state index contributed by atoms with van der Waals surface area (Å²) in [6.07, 6.45) is 0. The van der Waals surface area contributed by atoms with Gasteiger partial charge in [0.15, 0.2) is 0 Å². The Hall–Kier alpha value is -1.24. The van der Waals surface area contributed by atoms with Crippen molar-refractivity contribution in [2.45, 2.75) is 4.90 Å². The van der Waals surface area contributed by atoms with Gasteiger partial charge in [0.1, 0.15) is 10.8 Å². The van der Waals surface area contributed by atoms with Crippen molar-refractivity contribution in [1.82, 2.24) is 5.32 Å². The summed E-state index contributed by atoms with van der Waals surface area (Å²) in [5, 5.41) is 6.63. The number of thiophene rings is 1. The Morgan fingerprint density at radius 2 is 2.30 bits per heavy atom. The molecule has 4 nitrogen and oxygen atoms in total. The lowest BCUT2D eigenvalue weighted by Crippen LogP contribution is -2.22. The highest BCUT2D eigenvalue weighted by Gasteiger charge is 2.21. The number of fused-ring (bicyclic) bond motifs is 3. The molecule has 1 aliphatic rings. The monoisotopic (exact) mass is 326 g/mol. The zero-order chi connectivity index (χ0) is 14.1. The lowest BCUT2D eigenvalue weighted by Gasteiger charge is -2.04. The van der Waals surface area contributed by atoms with E-state index in [1.54, 1.807) is 11.8 Å². The number of alkyl halides is 1. The van der Waals surface area contributed by atoms with Gasteiger partial charge >= 0.3 is 0 Å². The average molecular weight is 327 g/mol. The molecule has 0 radical (unpaired) electrons. The van der Waals surface area contributed by atoms with Gasteiger partial charge in [0, 0.05) is 33.0 Å². The fourth-order valence-corrected chi connectivity index (χ4v) is 4.42. The molecule has 2 aromatic rings. The van der Waals surface area contributed by atoms with Gasteiger partial charge in [0.2, 0.25) is 5.91 Å². The molecule has 104 valence electrons. The predicted molar refractivity (Wildman–Crippen MR) is 84.2 cm³/mol. The van der Waals surface area contributed by atoms with Crippen molar-refractivity contribution < 1.29 is 9.59 Å². The van der Waals surface area contributed by atoms with E-state index in [0.717, 1.165) is 25.6 Å². The predicted octanol–water partition coefficient (Wildman–Crippen LogP) is 2.91. The fourth-order valence-electron chi connectivity index (χ4n) is 2.04. The lowest BCUT2D eigenvalue weighted by atomic mass is 10.2. The van der Waals surface area contributed by atoms with Gasteiger partial charge in [0.25, 0.3) is 5.91 Å². The number of benzene rings is 1. The summed E-state index contributed by atoms with van der Waals surface area (Å²) in [6.45, 7) is 0.676. The highest BCUT2D eigenvalue weighted by Crippen LogP contribution is 2.40. The van der Waals surface area contributed by atoms with E-state index in [1.807, 2.05) is 18.2 Å². The minimum atomic E-state index is -0.238. The molecule has 0 saturated heterocycles. The molecule has 0 saturated carbocycles. The highest BCUT2D eigenvalue weighted by molar-refractivity contribution is 7.99. The Morgan fingerprint density at radius 3 is 3.10 bits per heavy atom. The van der Waals surface area contributed by atoms with Crippen molar-refractivity contribution >= 4 is 62.3 Å². The SMILES string of the molecule is O=C(CCl)Nc1ccc2sc3c(c2c1)SCCNC3=O. The number of rotatable bonds is 2. The van der Waals surface area contributed by atoms with Crippen molar-refractivity contribution in [1.29, 1.82) is 0 Å². The molecule has 1 aromatic carbocycles. The minimum Gasteiger partial charge on any atom is -0.350 e. The van der Waals surface area contributed by atoms with Crippen LogP contribution in [-0.2, 0) is 4.79 Å². The molecule has 1 aromatic heterocycles. The lowest BCUT2D eigenvalue weighted by molar-refractivity contribution is -0.113. The van der Waals surface area contributed by atoms with Crippen LogP contribution in [0.25, 0.3) is 10.1 Å². The molecule has 20 heavy (non-hydrogen) atoms. The quantitative estimate of drug-likeness (QED) is 0.834. The average Bonchev–Trinajstić information content (AvgIpc) is 2.71. The number of hydrogen-bond acceptors (Lipinski definition) is 4. The van der Waals surface area contributed by atoms with Crippen LogP contribution in [0.4, 0.5) is 5.69 Å². The maximum atomic E-state index is 12.0. The summed E-state index contributed by atoms with van der Waals surface area (Å²) in [5.41, 5.74) is 0.703. The van der Waals surface area contributed by atoms with Gasteiger partial charge in [-0.2, -0.15) is 0 Å². The summed E-state index contributed by atoms with van der Waals surface area (Å²) in [5.74, 6) is 0.523. The molecule has 2 N–H and O–H groups in total. The molecular weight excluding hydrogens is 316 g/mol. The minimum absolute atomic E-state index is 0.0162. The molecule has 0 unspecified atom stereocenters. The van der Waals surface area contributed by atoms with Crippen molar-refractivity contribution in [2.75, 3.05) is 23.5 Å². The number of anilines is 1. The van der Waals surface area contributed by atoms with Crippen LogP contribution in [0.1, 0.15) is 9.67 Å². The van der Waals surface area contributed by atoms with Gasteiger partial charge in [-0.05, 0) is 18.2 Å². The normalized spacial score (nSPS) is 14.6. The number of halogens is 1. The van der Waals surface area contributed by atoms with E-state index < -0.39 is 0 Å². The number of carbonyl (C=O) groups is 2. The van der Waals surface area contributed by atoms with E-state index >= 15 is 0 Å². The van der Waals surface area contributed by atoms with Gasteiger partial charge in [-0.1, -0.05) is 0 Å². The number of thioether (sulfide) groups is 1. The van der Waals surface area contributed by atoms with Crippen LogP contribution in [0.15, 0.2) is 23.1 Å². The van der Waals surface area contributed by atoms with E-state index in [0.29, 0.717) is 12.2 Å². The largest absolute Gasteiger partial charge is 0.350 e. The molecule has 3 rings (SSSR count). The Bertz CT molecular complexity index is 699. The fraction of sp³-hybridized carbons (Fsp3) is 0.231. The summed E-state index contributed by atoms with van der Waals surface area (Å²) in [6, 6.07) is 5.65. The smallest absolute Gasteiger partial charge is 0.262 e. The third-order valence-corrected chi connectivity index (χ3v) is 5.55. The first-order chi connectivity index (χ1) is 9.69. The van der Waals surface area contributed by atoms with Crippen molar-refractivity contribution in [2.24, 2.45) is 0 Å². The van der Waals surface area contributed by atoms with Gasteiger partial charge in [-0.3, -0.25) is 9.59 Å². The number of hydrogen-bond donors (Lipinski definition) is 2. The molecule has 0 spiro atoms. The Morgan fingerprint density at radius 1 is 1.45 bits per heavy atom. The zero-order valence-corrected chi connectivity index (χ0v) is 12.8. The first kappa shape index (κ1) is 13.7. The maximum absolute atomic E-state index is 12.0. The number of amides is 2. The standard InChI is InChI=1S/C13H11ClN2O2S2/c14-6-10(17)16-7-1-2-9-8(5-7)11-12(20-9)13(18)15-3-4-19-11/h1-2,5H,3-4,6H2,(H,15,18)(H,16,17). The second-order valence-electron chi connectivity index (χ2n) is 4.26. The van der Waals surface area contributed by atoms with Crippen LogP contribution in [0.2, 0.25) is 0 Å². The third kappa shape index (κ3) is 2.51. The molecule has 2 heterocycles. The van der Waals surface area contributed by atoms with Crippen molar-refractivity contribution in [3.05, 3.63) is 23.1 Å². The summed E-state index contributed by atoms with van der Waals surface area (Å²) in [7, 11) is 0. The zero-order valence-electron chi connectivity index (χ0n) is 10.4. The van der Waals surface area contributed by atoms with E-state index in [4.69, 9.17) is 11.6 Å². The van der Waals surface area contributed by atoms with Crippen LogP contribution in [0, 0.1) is 0 Å². The van der Waals surface area contributed by atoms with Crippen LogP contribution < -0.4 is 10.6 Å². The molecule has 7 heteroatoms. The molecule has 0 atom stereocenters. The van der Waals surface area contributed by atoms with E-state index in [2.05, 4.69) is 10.6 Å². The summed E-state index contributed by atoms with van der Waals surface area (Å²) in [4.78, 5) is 25.1. The highest BCUT2D eigenvalue weighted by atomic mass is 35.5. The van der Waals surface area contributed by atoms with Gasteiger partial charge in [-0.25, -0.2) is 0 Å². The number of nitrogens with one attached hydrogen (secondary N) is 2. The van der Waals surface area contributed by atoms with Gasteiger partial charge in [0.05, 0.1) is 0 Å². The molecule has 2 amide bonds. The topological polar surface area (TPSA) is 58.2 Å². The van der Waals surface area contributed by atoms with Crippen LogP contribution in [-0.4, -0.2) is 30.0 Å². The summed E-state index contributed by atoms with van der Waals surface area (Å²) >= 11 is 8.64. The third-order valence-electron chi connectivity index (χ3n) is 2.89. The van der Waals surface area contributed by atoms with Crippen LogP contribution >= 0.6 is 34.7 Å². The summed E-state index contributed by atoms with van der Waals surface area (Å²) < 4.78 is 1.04. The molecule has 0 bridgehead atoms. The van der Waals surface area contributed by atoms with Crippen LogP contribution in [0.5, 0.6) is 0 Å². The van der Waals surface area contributed by atoms with Crippen molar-refractivity contribution in [3.8, 4) is 0 Å². The molecule has 0 aliphatic carbocycles. The first-order valence-corrected chi connectivity index (χ1v) is 8.36. The Labute approximate surface area is 128 Å².